The molecule has 0 unspecified atom stereocenters. The van der Waals surface area contributed by atoms with E-state index >= 15 is 0 Å². The molecule has 3 aromatic rings. The molecule has 26 heavy (non-hydrogen) atoms. The average Bonchev–Trinajstić information content (AvgIpc) is 3.03. The number of nitriles is 1. The highest BCUT2D eigenvalue weighted by Gasteiger charge is 2.10. The zero-order valence-corrected chi connectivity index (χ0v) is 13.9. The molecule has 0 atom stereocenters. The van der Waals surface area contributed by atoms with Crippen molar-refractivity contribution in [2.45, 2.75) is 6.54 Å². The Kier molecular flexibility index (Phi) is 4.94. The quantitative estimate of drug-likeness (QED) is 0.715. The van der Waals surface area contributed by atoms with Gasteiger partial charge in [0, 0.05) is 6.21 Å². The standard InChI is InChI=1S/C19H15FN4O2/c1-26-18-7-4-14(8-17(18)25)10-22-19-16(9-21)23-12-24(19)11-13-2-5-15(20)6-3-13/h2-8,10,12,25H,11H2,1H3. The van der Waals surface area contributed by atoms with Crippen LogP contribution in [-0.4, -0.2) is 28.0 Å². The molecule has 0 aliphatic rings. The van der Waals surface area contributed by atoms with Crippen molar-refractivity contribution in [2.24, 2.45) is 4.99 Å². The summed E-state index contributed by atoms with van der Waals surface area (Å²) in [4.78, 5) is 8.39. The molecule has 0 aliphatic carbocycles. The van der Waals surface area contributed by atoms with Crippen LogP contribution in [0.5, 0.6) is 11.5 Å². The Bertz CT molecular complexity index is 988. The maximum absolute atomic E-state index is 13.0. The highest BCUT2D eigenvalue weighted by Crippen LogP contribution is 2.26. The van der Waals surface area contributed by atoms with Gasteiger partial charge in [-0.3, -0.25) is 0 Å². The number of hydrogen-bond acceptors (Lipinski definition) is 5. The lowest BCUT2D eigenvalue weighted by atomic mass is 10.2. The van der Waals surface area contributed by atoms with Gasteiger partial charge in [0.05, 0.1) is 20.0 Å². The average molecular weight is 350 g/mol. The molecule has 1 N–H and O–H groups in total. The number of aromatic nitrogens is 2. The molecule has 2 aromatic carbocycles. The Morgan fingerprint density at radius 1 is 1.31 bits per heavy atom. The van der Waals surface area contributed by atoms with Crippen molar-refractivity contribution in [1.29, 1.82) is 5.26 Å². The van der Waals surface area contributed by atoms with Gasteiger partial charge in [-0.2, -0.15) is 5.26 Å². The zero-order chi connectivity index (χ0) is 18.5. The van der Waals surface area contributed by atoms with Crippen LogP contribution < -0.4 is 4.74 Å². The lowest BCUT2D eigenvalue weighted by molar-refractivity contribution is 0.373. The molecule has 0 spiro atoms. The third kappa shape index (κ3) is 3.70. The SMILES string of the molecule is COc1ccc(C=Nc2c(C#N)ncn2Cc2ccc(F)cc2)cc1O. The van der Waals surface area contributed by atoms with Crippen LogP contribution in [0.4, 0.5) is 10.2 Å². The van der Waals surface area contributed by atoms with Crippen LogP contribution in [0.25, 0.3) is 0 Å². The molecule has 0 fully saturated rings. The summed E-state index contributed by atoms with van der Waals surface area (Å²) in [5.74, 6) is 0.430. The minimum Gasteiger partial charge on any atom is -0.504 e. The zero-order valence-electron chi connectivity index (χ0n) is 13.9. The van der Waals surface area contributed by atoms with Gasteiger partial charge in [0.25, 0.3) is 0 Å². The largest absolute Gasteiger partial charge is 0.504 e. The first-order valence-corrected chi connectivity index (χ1v) is 7.71. The summed E-state index contributed by atoms with van der Waals surface area (Å²) in [7, 11) is 1.47. The van der Waals surface area contributed by atoms with Crippen LogP contribution in [0.1, 0.15) is 16.8 Å². The summed E-state index contributed by atoms with van der Waals surface area (Å²) < 4.78 is 19.7. The molecule has 0 saturated heterocycles. The fourth-order valence-corrected chi connectivity index (χ4v) is 2.42. The first-order valence-electron chi connectivity index (χ1n) is 7.71. The van der Waals surface area contributed by atoms with Gasteiger partial charge in [0.1, 0.15) is 11.9 Å². The summed E-state index contributed by atoms with van der Waals surface area (Å²) in [6.45, 7) is 0.398. The van der Waals surface area contributed by atoms with Crippen molar-refractivity contribution >= 4 is 12.0 Å². The molecule has 130 valence electrons. The molecule has 0 radical (unpaired) electrons. The number of phenols is 1. The van der Waals surface area contributed by atoms with Gasteiger partial charge < -0.3 is 14.4 Å². The monoisotopic (exact) mass is 350 g/mol. The number of nitrogens with zero attached hydrogens (tertiary/aromatic N) is 4. The topological polar surface area (TPSA) is 83.4 Å². The molecule has 1 heterocycles. The second kappa shape index (κ2) is 7.49. The van der Waals surface area contributed by atoms with Gasteiger partial charge in [0.15, 0.2) is 23.0 Å². The summed E-state index contributed by atoms with van der Waals surface area (Å²) in [5.41, 5.74) is 1.68. The number of aliphatic imine (C=N–C) groups is 1. The van der Waals surface area contributed by atoms with Crippen molar-refractivity contribution in [3.05, 3.63) is 71.4 Å². The van der Waals surface area contributed by atoms with Gasteiger partial charge in [-0.05, 0) is 41.5 Å². The number of imidazole rings is 1. The number of methoxy groups -OCH3 is 1. The third-order valence-electron chi connectivity index (χ3n) is 3.72. The van der Waals surface area contributed by atoms with Crippen LogP contribution in [0.3, 0.4) is 0 Å². The predicted octanol–water partition coefficient (Wildman–Crippen LogP) is 3.41. The molecule has 1 aromatic heterocycles. The van der Waals surface area contributed by atoms with Crippen LogP contribution in [0, 0.1) is 17.1 Å². The fraction of sp³-hybridized carbons (Fsp3) is 0.105. The number of rotatable bonds is 5. The number of ether oxygens (including phenoxy) is 1. The van der Waals surface area contributed by atoms with Crippen LogP contribution >= 0.6 is 0 Å². The Balaban J connectivity index is 1.89. The predicted molar refractivity (Wildman–Crippen MR) is 94.4 cm³/mol. The molecular formula is C19H15FN4O2. The summed E-state index contributed by atoms with van der Waals surface area (Å²) in [6.07, 6.45) is 3.04. The lowest BCUT2D eigenvalue weighted by Gasteiger charge is -2.06. The number of benzene rings is 2. The highest BCUT2D eigenvalue weighted by molar-refractivity contribution is 5.83. The minimum atomic E-state index is -0.311. The maximum atomic E-state index is 13.0. The summed E-state index contributed by atoms with van der Waals surface area (Å²) >= 11 is 0. The Morgan fingerprint density at radius 2 is 2.08 bits per heavy atom. The van der Waals surface area contributed by atoms with Crippen molar-refractivity contribution < 1.29 is 14.2 Å². The lowest BCUT2D eigenvalue weighted by Crippen LogP contribution is -1.98. The fourth-order valence-electron chi connectivity index (χ4n) is 2.42. The smallest absolute Gasteiger partial charge is 0.185 e. The van der Waals surface area contributed by atoms with Crippen LogP contribution in [0.2, 0.25) is 0 Å². The highest BCUT2D eigenvalue weighted by atomic mass is 19.1. The molecule has 0 bridgehead atoms. The molecule has 3 rings (SSSR count). The Morgan fingerprint density at radius 3 is 2.73 bits per heavy atom. The second-order valence-corrected chi connectivity index (χ2v) is 5.47. The van der Waals surface area contributed by atoms with E-state index < -0.39 is 0 Å². The van der Waals surface area contributed by atoms with E-state index in [0.717, 1.165) is 5.56 Å². The van der Waals surface area contributed by atoms with E-state index in [1.807, 2.05) is 6.07 Å². The number of phenolic OH excluding ortho intramolecular Hbond substituents is 1. The van der Waals surface area contributed by atoms with Gasteiger partial charge in [-0.25, -0.2) is 14.4 Å². The van der Waals surface area contributed by atoms with E-state index in [9.17, 15) is 14.8 Å². The van der Waals surface area contributed by atoms with Gasteiger partial charge >= 0.3 is 0 Å². The maximum Gasteiger partial charge on any atom is 0.185 e. The van der Waals surface area contributed by atoms with Gasteiger partial charge in [0.2, 0.25) is 0 Å². The number of halogens is 1. The Labute approximate surface area is 149 Å². The van der Waals surface area contributed by atoms with Crippen molar-refractivity contribution in [3.63, 3.8) is 0 Å². The number of aromatic hydroxyl groups is 1. The first kappa shape index (κ1) is 17.2. The van der Waals surface area contributed by atoms with E-state index in [-0.39, 0.29) is 17.3 Å². The van der Waals surface area contributed by atoms with Crippen LogP contribution in [0.15, 0.2) is 53.8 Å². The molecule has 6 nitrogen and oxygen atoms in total. The number of hydrogen-bond donors (Lipinski definition) is 1. The third-order valence-corrected chi connectivity index (χ3v) is 3.72. The minimum absolute atomic E-state index is 0.00298. The molecule has 7 heteroatoms. The molecule has 0 saturated carbocycles. The first-order chi connectivity index (χ1) is 12.6. The normalized spacial score (nSPS) is 10.8. The summed E-state index contributed by atoms with van der Waals surface area (Å²) in [5, 5.41) is 19.1. The van der Waals surface area contributed by atoms with Gasteiger partial charge in [-0.15, -0.1) is 0 Å². The van der Waals surface area contributed by atoms with E-state index in [4.69, 9.17) is 4.74 Å². The van der Waals surface area contributed by atoms with Crippen molar-refractivity contribution in [3.8, 4) is 17.6 Å². The van der Waals surface area contributed by atoms with E-state index in [2.05, 4.69) is 9.98 Å². The van der Waals surface area contributed by atoms with E-state index in [1.54, 1.807) is 28.8 Å². The Hall–Kier alpha value is -3.66. The second-order valence-electron chi connectivity index (χ2n) is 5.47. The van der Waals surface area contributed by atoms with Crippen molar-refractivity contribution in [1.82, 2.24) is 9.55 Å². The molecular weight excluding hydrogens is 335 g/mol. The summed E-state index contributed by atoms with van der Waals surface area (Å²) in [6, 6.07) is 12.9. The van der Waals surface area contributed by atoms with Crippen molar-refractivity contribution in [2.75, 3.05) is 7.11 Å². The molecule has 0 aliphatic heterocycles. The van der Waals surface area contributed by atoms with Gasteiger partial charge in [-0.1, -0.05) is 12.1 Å². The van der Waals surface area contributed by atoms with E-state index in [1.165, 1.54) is 37.9 Å². The molecule has 0 amide bonds. The van der Waals surface area contributed by atoms with Crippen LogP contribution in [-0.2, 0) is 6.54 Å². The van der Waals surface area contributed by atoms with E-state index in [0.29, 0.717) is 23.7 Å².